The molecular weight excluding hydrogens is 396 g/mol. The highest BCUT2D eigenvalue weighted by Gasteiger charge is 2.24. The standard InChI is InChI=1S/C23H28N4O4/c1-29-19-8-7-17(22(30-2)23(19)31-3)14-21(28)26-12-10-25(11-13-26)15-18-16-27-9-5-4-6-20(27)24-18/h4-9,16H,10-15H2,1-3H3. The van der Waals surface area contributed by atoms with Crippen LogP contribution in [0, 0.1) is 0 Å². The summed E-state index contributed by atoms with van der Waals surface area (Å²) in [5.74, 6) is 1.71. The van der Waals surface area contributed by atoms with Crippen LogP contribution >= 0.6 is 0 Å². The number of carbonyl (C=O) groups excluding carboxylic acids is 1. The third kappa shape index (κ3) is 4.44. The molecule has 2 aromatic heterocycles. The molecule has 1 aromatic carbocycles. The van der Waals surface area contributed by atoms with E-state index < -0.39 is 0 Å². The van der Waals surface area contributed by atoms with Crippen LogP contribution < -0.4 is 14.2 Å². The van der Waals surface area contributed by atoms with Crippen molar-refractivity contribution in [3.05, 3.63) is 54.0 Å². The number of carbonyl (C=O) groups is 1. The molecule has 8 nitrogen and oxygen atoms in total. The summed E-state index contributed by atoms with van der Waals surface area (Å²) >= 11 is 0. The summed E-state index contributed by atoms with van der Waals surface area (Å²) in [4.78, 5) is 21.9. The van der Waals surface area contributed by atoms with Crippen molar-refractivity contribution in [1.29, 1.82) is 0 Å². The first-order valence-electron chi connectivity index (χ1n) is 10.3. The molecule has 0 bridgehead atoms. The van der Waals surface area contributed by atoms with Crippen LogP contribution in [0.1, 0.15) is 11.3 Å². The molecular formula is C23H28N4O4. The highest BCUT2D eigenvalue weighted by molar-refractivity contribution is 5.80. The number of hydrogen-bond donors (Lipinski definition) is 0. The number of aromatic nitrogens is 2. The van der Waals surface area contributed by atoms with E-state index in [0.29, 0.717) is 30.3 Å². The molecule has 164 valence electrons. The van der Waals surface area contributed by atoms with E-state index in [1.165, 1.54) is 0 Å². The van der Waals surface area contributed by atoms with Crippen molar-refractivity contribution in [2.75, 3.05) is 47.5 Å². The Hall–Kier alpha value is -3.26. The number of amides is 1. The van der Waals surface area contributed by atoms with Crippen LogP contribution in [0.2, 0.25) is 0 Å². The maximum atomic E-state index is 12.9. The monoisotopic (exact) mass is 424 g/mol. The second-order valence-electron chi connectivity index (χ2n) is 7.53. The number of benzene rings is 1. The predicted octanol–water partition coefficient (Wildman–Crippen LogP) is 2.25. The number of hydrogen-bond acceptors (Lipinski definition) is 6. The smallest absolute Gasteiger partial charge is 0.227 e. The van der Waals surface area contributed by atoms with E-state index in [0.717, 1.165) is 36.5 Å². The summed E-state index contributed by atoms with van der Waals surface area (Å²) in [7, 11) is 4.71. The highest BCUT2D eigenvalue weighted by Crippen LogP contribution is 2.40. The Balaban J connectivity index is 1.36. The van der Waals surface area contributed by atoms with E-state index in [1.54, 1.807) is 27.4 Å². The second-order valence-corrected chi connectivity index (χ2v) is 7.53. The molecule has 1 aliphatic rings. The van der Waals surface area contributed by atoms with Crippen molar-refractivity contribution in [3.8, 4) is 17.2 Å². The van der Waals surface area contributed by atoms with Crippen molar-refractivity contribution in [2.24, 2.45) is 0 Å². The fourth-order valence-electron chi connectivity index (χ4n) is 4.02. The van der Waals surface area contributed by atoms with Gasteiger partial charge >= 0.3 is 0 Å². The van der Waals surface area contributed by atoms with Crippen LogP contribution in [0.5, 0.6) is 17.2 Å². The van der Waals surface area contributed by atoms with E-state index in [2.05, 4.69) is 16.1 Å². The summed E-state index contributed by atoms with van der Waals surface area (Å²) in [6.45, 7) is 3.82. The largest absolute Gasteiger partial charge is 0.493 e. The fraction of sp³-hybridized carbons (Fsp3) is 0.391. The van der Waals surface area contributed by atoms with Crippen LogP contribution in [-0.2, 0) is 17.8 Å². The first kappa shape index (κ1) is 21.0. The van der Waals surface area contributed by atoms with Crippen molar-refractivity contribution >= 4 is 11.6 Å². The zero-order valence-electron chi connectivity index (χ0n) is 18.2. The molecule has 0 aliphatic carbocycles. The van der Waals surface area contributed by atoms with Gasteiger partial charge in [0.05, 0.1) is 33.4 Å². The van der Waals surface area contributed by atoms with Gasteiger partial charge in [0.1, 0.15) is 5.65 Å². The number of rotatable bonds is 7. The Morgan fingerprint density at radius 2 is 1.74 bits per heavy atom. The molecule has 4 rings (SSSR count). The maximum Gasteiger partial charge on any atom is 0.227 e. The van der Waals surface area contributed by atoms with Gasteiger partial charge in [-0.2, -0.15) is 0 Å². The van der Waals surface area contributed by atoms with E-state index in [9.17, 15) is 4.79 Å². The number of fused-ring (bicyclic) bond motifs is 1. The Morgan fingerprint density at radius 1 is 0.968 bits per heavy atom. The molecule has 1 saturated heterocycles. The molecule has 1 aliphatic heterocycles. The number of pyridine rings is 1. The molecule has 3 heterocycles. The summed E-state index contributed by atoms with van der Waals surface area (Å²) in [5, 5.41) is 0. The minimum Gasteiger partial charge on any atom is -0.493 e. The molecule has 0 atom stereocenters. The van der Waals surface area contributed by atoms with Gasteiger partial charge in [-0.3, -0.25) is 9.69 Å². The van der Waals surface area contributed by atoms with Gasteiger partial charge in [0.2, 0.25) is 11.7 Å². The Labute approximate surface area is 181 Å². The van der Waals surface area contributed by atoms with Gasteiger partial charge in [-0.15, -0.1) is 0 Å². The molecule has 1 fully saturated rings. The van der Waals surface area contributed by atoms with Crippen molar-refractivity contribution in [1.82, 2.24) is 19.2 Å². The second kappa shape index (κ2) is 9.26. The molecule has 0 radical (unpaired) electrons. The lowest BCUT2D eigenvalue weighted by atomic mass is 10.1. The SMILES string of the molecule is COc1ccc(CC(=O)N2CCN(Cc3cn4ccccc4n3)CC2)c(OC)c1OC. The molecule has 3 aromatic rings. The Kier molecular flexibility index (Phi) is 6.27. The van der Waals surface area contributed by atoms with Gasteiger partial charge in [-0.05, 0) is 18.2 Å². The Morgan fingerprint density at radius 3 is 2.42 bits per heavy atom. The third-order valence-electron chi connectivity index (χ3n) is 5.65. The molecule has 1 amide bonds. The van der Waals surface area contributed by atoms with Crippen LogP contribution in [0.15, 0.2) is 42.7 Å². The fourth-order valence-corrected chi connectivity index (χ4v) is 4.02. The van der Waals surface area contributed by atoms with Crippen molar-refractivity contribution < 1.29 is 19.0 Å². The topological polar surface area (TPSA) is 68.5 Å². The highest BCUT2D eigenvalue weighted by atomic mass is 16.5. The lowest BCUT2D eigenvalue weighted by molar-refractivity contribution is -0.132. The van der Waals surface area contributed by atoms with Crippen molar-refractivity contribution in [3.63, 3.8) is 0 Å². The van der Waals surface area contributed by atoms with Gasteiger partial charge < -0.3 is 23.5 Å². The zero-order valence-corrected chi connectivity index (χ0v) is 18.2. The van der Waals surface area contributed by atoms with Crippen LogP contribution in [-0.4, -0.2) is 72.6 Å². The summed E-state index contributed by atoms with van der Waals surface area (Å²) in [6, 6.07) is 9.65. The Bertz CT molecular complexity index is 1020. The molecule has 0 spiro atoms. The molecule has 0 saturated carbocycles. The van der Waals surface area contributed by atoms with Crippen molar-refractivity contribution in [2.45, 2.75) is 13.0 Å². The van der Waals surface area contributed by atoms with Crippen LogP contribution in [0.4, 0.5) is 0 Å². The minimum atomic E-state index is 0.0814. The maximum absolute atomic E-state index is 12.9. The summed E-state index contributed by atoms with van der Waals surface area (Å²) in [5.41, 5.74) is 2.79. The normalized spacial score (nSPS) is 14.6. The average Bonchev–Trinajstić information content (AvgIpc) is 3.21. The minimum absolute atomic E-state index is 0.0814. The number of piperazine rings is 1. The van der Waals surface area contributed by atoms with E-state index >= 15 is 0 Å². The van der Waals surface area contributed by atoms with E-state index in [1.807, 2.05) is 39.8 Å². The predicted molar refractivity (Wildman–Crippen MR) is 117 cm³/mol. The summed E-state index contributed by atoms with van der Waals surface area (Å²) < 4.78 is 18.3. The molecule has 0 unspecified atom stereocenters. The lowest BCUT2D eigenvalue weighted by Gasteiger charge is -2.34. The van der Waals surface area contributed by atoms with Gasteiger partial charge in [0, 0.05) is 50.7 Å². The number of nitrogens with zero attached hydrogens (tertiary/aromatic N) is 4. The molecule has 8 heteroatoms. The molecule has 0 N–H and O–H groups in total. The molecule has 31 heavy (non-hydrogen) atoms. The van der Waals surface area contributed by atoms with Crippen LogP contribution in [0.25, 0.3) is 5.65 Å². The van der Waals surface area contributed by atoms with Gasteiger partial charge in [-0.25, -0.2) is 4.98 Å². The van der Waals surface area contributed by atoms with E-state index in [4.69, 9.17) is 14.2 Å². The quantitative estimate of drug-likeness (QED) is 0.580. The first-order chi connectivity index (χ1) is 15.1. The van der Waals surface area contributed by atoms with Crippen LogP contribution in [0.3, 0.4) is 0 Å². The first-order valence-corrected chi connectivity index (χ1v) is 10.3. The lowest BCUT2D eigenvalue weighted by Crippen LogP contribution is -2.48. The average molecular weight is 425 g/mol. The number of ether oxygens (including phenoxy) is 3. The van der Waals surface area contributed by atoms with Gasteiger partial charge in [0.25, 0.3) is 0 Å². The number of imidazole rings is 1. The third-order valence-corrected chi connectivity index (χ3v) is 5.65. The van der Waals surface area contributed by atoms with Gasteiger partial charge in [-0.1, -0.05) is 12.1 Å². The summed E-state index contributed by atoms with van der Waals surface area (Å²) in [6.07, 6.45) is 4.33. The van der Waals surface area contributed by atoms with E-state index in [-0.39, 0.29) is 12.3 Å². The van der Waals surface area contributed by atoms with Gasteiger partial charge in [0.15, 0.2) is 11.5 Å². The zero-order chi connectivity index (χ0) is 21.8. The number of methoxy groups -OCH3 is 3.